The van der Waals surface area contributed by atoms with Gasteiger partial charge in [0.05, 0.1) is 5.02 Å². The van der Waals surface area contributed by atoms with Gasteiger partial charge in [-0.1, -0.05) is 31.5 Å². The second kappa shape index (κ2) is 7.50. The molecule has 0 amide bonds. The summed E-state index contributed by atoms with van der Waals surface area (Å²) < 4.78 is 10.8. The molecule has 0 unspecified atom stereocenters. The quantitative estimate of drug-likeness (QED) is 0.820. The van der Waals surface area contributed by atoms with Crippen molar-refractivity contribution >= 4 is 17.6 Å². The lowest BCUT2D eigenvalue weighted by Crippen LogP contribution is -2.38. The van der Waals surface area contributed by atoms with Crippen LogP contribution in [0.2, 0.25) is 5.02 Å². The molecule has 0 heterocycles. The van der Waals surface area contributed by atoms with Gasteiger partial charge in [0, 0.05) is 0 Å². The van der Waals surface area contributed by atoms with Crippen molar-refractivity contribution in [3.05, 3.63) is 28.8 Å². The number of halogens is 1. The molecule has 0 aliphatic carbocycles. The third kappa shape index (κ3) is 5.02. The highest BCUT2D eigenvalue weighted by Gasteiger charge is 2.20. The molecule has 0 bridgehead atoms. The lowest BCUT2D eigenvalue weighted by Gasteiger charge is -2.19. The molecule has 1 aromatic carbocycles. The lowest BCUT2D eigenvalue weighted by molar-refractivity contribution is -0.148. The second-order valence-electron chi connectivity index (χ2n) is 5.26. The van der Waals surface area contributed by atoms with Crippen LogP contribution in [0.3, 0.4) is 0 Å². The number of esters is 1. The predicted octanol–water partition coefficient (Wildman–Crippen LogP) is 2.94. The maximum atomic E-state index is 11.6. The predicted molar refractivity (Wildman–Crippen MR) is 80.1 cm³/mol. The van der Waals surface area contributed by atoms with E-state index in [-0.39, 0.29) is 18.6 Å². The van der Waals surface area contributed by atoms with E-state index < -0.39 is 12.0 Å². The van der Waals surface area contributed by atoms with E-state index in [1.165, 1.54) is 0 Å². The van der Waals surface area contributed by atoms with Crippen LogP contribution in [0, 0.1) is 12.8 Å². The van der Waals surface area contributed by atoms with Crippen molar-refractivity contribution in [2.75, 3.05) is 6.61 Å². The summed E-state index contributed by atoms with van der Waals surface area (Å²) in [6, 6.07) is 4.92. The molecule has 112 valence electrons. The van der Waals surface area contributed by atoms with Crippen molar-refractivity contribution in [1.82, 2.24) is 0 Å². The van der Waals surface area contributed by atoms with Crippen LogP contribution in [-0.2, 0) is 9.53 Å². The Bertz CT molecular complexity index is 462. The number of aryl methyl sites for hydroxylation is 1. The Hall–Kier alpha value is -1.26. The smallest absolute Gasteiger partial charge is 0.323 e. The van der Waals surface area contributed by atoms with Gasteiger partial charge in [-0.05, 0) is 37.5 Å². The summed E-state index contributed by atoms with van der Waals surface area (Å²) in [5.74, 6) is 0.221. The first kappa shape index (κ1) is 16.8. The Balaban J connectivity index is 2.50. The molecular weight excluding hydrogens is 278 g/mol. The topological polar surface area (TPSA) is 61.5 Å². The van der Waals surface area contributed by atoms with E-state index >= 15 is 0 Å². The zero-order valence-electron chi connectivity index (χ0n) is 12.4. The van der Waals surface area contributed by atoms with Crippen LogP contribution < -0.4 is 10.5 Å². The maximum Gasteiger partial charge on any atom is 0.323 e. The van der Waals surface area contributed by atoms with Gasteiger partial charge in [-0.15, -0.1) is 0 Å². The average Bonchev–Trinajstić information content (AvgIpc) is 2.39. The highest BCUT2D eigenvalue weighted by Crippen LogP contribution is 2.26. The van der Waals surface area contributed by atoms with Gasteiger partial charge in [-0.3, -0.25) is 4.79 Å². The molecule has 0 aromatic heterocycles. The minimum atomic E-state index is -0.607. The molecule has 2 N–H and O–H groups in total. The van der Waals surface area contributed by atoms with Crippen LogP contribution in [0.4, 0.5) is 0 Å². The number of hydrogen-bond donors (Lipinski definition) is 1. The average molecular weight is 300 g/mol. The molecule has 0 saturated carbocycles. The number of nitrogens with two attached hydrogens (primary N) is 1. The molecule has 2 atom stereocenters. The monoisotopic (exact) mass is 299 g/mol. The normalized spacial score (nSPS) is 13.9. The number of benzene rings is 1. The summed E-state index contributed by atoms with van der Waals surface area (Å²) >= 11 is 6.04. The van der Waals surface area contributed by atoms with Gasteiger partial charge in [-0.2, -0.15) is 0 Å². The van der Waals surface area contributed by atoms with Crippen molar-refractivity contribution in [1.29, 1.82) is 0 Å². The summed E-state index contributed by atoms with van der Waals surface area (Å²) in [4.78, 5) is 11.6. The largest absolute Gasteiger partial charge is 0.486 e. The Kier molecular flexibility index (Phi) is 6.30. The zero-order valence-corrected chi connectivity index (χ0v) is 13.1. The minimum Gasteiger partial charge on any atom is -0.486 e. The van der Waals surface area contributed by atoms with Crippen molar-refractivity contribution in [2.45, 2.75) is 39.8 Å². The summed E-state index contributed by atoms with van der Waals surface area (Å²) in [5, 5.41) is 0.535. The van der Waals surface area contributed by atoms with E-state index in [9.17, 15) is 4.79 Å². The van der Waals surface area contributed by atoms with E-state index in [0.29, 0.717) is 10.8 Å². The Labute approximate surface area is 125 Å². The third-order valence-electron chi connectivity index (χ3n) is 2.87. The van der Waals surface area contributed by atoms with Gasteiger partial charge < -0.3 is 15.2 Å². The van der Waals surface area contributed by atoms with Gasteiger partial charge in [0.25, 0.3) is 0 Å². The van der Waals surface area contributed by atoms with Crippen LogP contribution >= 0.6 is 11.6 Å². The van der Waals surface area contributed by atoms with Crippen LogP contribution in [0.25, 0.3) is 0 Å². The van der Waals surface area contributed by atoms with Crippen molar-refractivity contribution in [3.63, 3.8) is 0 Å². The first-order chi connectivity index (χ1) is 9.31. The van der Waals surface area contributed by atoms with Crippen molar-refractivity contribution in [3.8, 4) is 5.75 Å². The first-order valence-electron chi connectivity index (χ1n) is 6.66. The van der Waals surface area contributed by atoms with E-state index in [1.54, 1.807) is 6.07 Å². The number of ether oxygens (including phenoxy) is 2. The molecule has 0 fully saturated rings. The summed E-state index contributed by atoms with van der Waals surface area (Å²) in [7, 11) is 0. The second-order valence-corrected chi connectivity index (χ2v) is 5.67. The summed E-state index contributed by atoms with van der Waals surface area (Å²) in [5.41, 5.74) is 6.76. The molecule has 0 saturated heterocycles. The molecular formula is C15H22ClNO3. The third-order valence-corrected chi connectivity index (χ3v) is 3.18. The Morgan fingerprint density at radius 2 is 2.00 bits per heavy atom. The van der Waals surface area contributed by atoms with E-state index in [4.69, 9.17) is 26.8 Å². The fraction of sp³-hybridized carbons (Fsp3) is 0.533. The number of carbonyl (C=O) groups is 1. The lowest BCUT2D eigenvalue weighted by atomic mass is 10.1. The minimum absolute atomic E-state index is 0.0462. The number of hydrogen-bond acceptors (Lipinski definition) is 4. The fourth-order valence-electron chi connectivity index (χ4n) is 1.52. The van der Waals surface area contributed by atoms with Crippen molar-refractivity contribution in [2.24, 2.45) is 11.7 Å². The molecule has 0 spiro atoms. The molecule has 5 heteroatoms. The van der Waals surface area contributed by atoms with Gasteiger partial charge >= 0.3 is 5.97 Å². The molecule has 4 nitrogen and oxygen atoms in total. The zero-order chi connectivity index (χ0) is 15.3. The standard InChI is InChI=1S/C15H22ClNO3/c1-9(2)14(17)15(18)19-8-11(4)20-13-7-10(3)5-6-12(13)16/h5-7,9,11,14H,8,17H2,1-4H3/t11-,14-/m0/s1. The first-order valence-corrected chi connectivity index (χ1v) is 7.04. The SMILES string of the molecule is Cc1ccc(Cl)c(O[C@@H](C)COC(=O)[C@@H](N)C(C)C)c1. The highest BCUT2D eigenvalue weighted by atomic mass is 35.5. The molecule has 1 aromatic rings. The molecule has 0 aliphatic rings. The molecule has 0 aliphatic heterocycles. The highest BCUT2D eigenvalue weighted by molar-refractivity contribution is 6.32. The van der Waals surface area contributed by atoms with Crippen LogP contribution in [0.15, 0.2) is 18.2 Å². The van der Waals surface area contributed by atoms with Crippen LogP contribution in [-0.4, -0.2) is 24.7 Å². The summed E-state index contributed by atoms with van der Waals surface area (Å²) in [6.07, 6.45) is -0.294. The Morgan fingerprint density at radius 3 is 2.60 bits per heavy atom. The van der Waals surface area contributed by atoms with Gasteiger partial charge in [0.15, 0.2) is 0 Å². The van der Waals surface area contributed by atoms with E-state index in [0.717, 1.165) is 5.56 Å². The number of rotatable bonds is 6. The van der Waals surface area contributed by atoms with Gasteiger partial charge in [0.1, 0.15) is 24.5 Å². The van der Waals surface area contributed by atoms with E-state index in [2.05, 4.69) is 0 Å². The van der Waals surface area contributed by atoms with Gasteiger partial charge in [-0.25, -0.2) is 0 Å². The maximum absolute atomic E-state index is 11.6. The Morgan fingerprint density at radius 1 is 1.35 bits per heavy atom. The summed E-state index contributed by atoms with van der Waals surface area (Å²) in [6.45, 7) is 7.66. The van der Waals surface area contributed by atoms with Crippen LogP contribution in [0.1, 0.15) is 26.3 Å². The molecule has 20 heavy (non-hydrogen) atoms. The number of carbonyl (C=O) groups excluding carboxylic acids is 1. The fourth-order valence-corrected chi connectivity index (χ4v) is 1.68. The van der Waals surface area contributed by atoms with Crippen molar-refractivity contribution < 1.29 is 14.3 Å². The van der Waals surface area contributed by atoms with Gasteiger partial charge in [0.2, 0.25) is 0 Å². The molecule has 1 rings (SSSR count). The van der Waals surface area contributed by atoms with E-state index in [1.807, 2.05) is 39.8 Å². The molecule has 0 radical (unpaired) electrons. The van der Waals surface area contributed by atoms with Crippen LogP contribution in [0.5, 0.6) is 5.75 Å².